The Labute approximate surface area is 225 Å². The molecule has 0 saturated heterocycles. The Bertz CT molecular complexity index is 1500. The van der Waals surface area contributed by atoms with Gasteiger partial charge in [0, 0.05) is 47.0 Å². The van der Waals surface area contributed by atoms with Crippen molar-refractivity contribution < 1.29 is 43.1 Å². The van der Waals surface area contributed by atoms with Crippen LogP contribution < -0.4 is 0 Å². The molecule has 0 aliphatic heterocycles. The highest BCUT2D eigenvalue weighted by molar-refractivity contribution is 5.91. The lowest BCUT2D eigenvalue weighted by Gasteiger charge is -2.53. The molecule has 0 aromatic carbocycles. The number of esters is 1. The minimum atomic E-state index is -4.70. The fourth-order valence-corrected chi connectivity index (χ4v) is 6.75. The van der Waals surface area contributed by atoms with Crippen molar-refractivity contribution in [1.29, 1.82) is 0 Å². The average molecular weight is 464 g/mol. The summed E-state index contributed by atoms with van der Waals surface area (Å²) in [6.07, 6.45) is -34.7. The maximum atomic E-state index is 13.6. The second kappa shape index (κ2) is 10.9. The Balaban J connectivity index is 1.61. The summed E-state index contributed by atoms with van der Waals surface area (Å²) in [5.41, 5.74) is 0.469. The molecule has 0 amide bonds. The largest absolute Gasteiger partial charge is 0.462 e. The molecule has 180 valence electrons. The molecule has 6 atom stereocenters. The van der Waals surface area contributed by atoms with Gasteiger partial charge in [0.1, 0.15) is 6.10 Å². The molecule has 0 aromatic rings. The van der Waals surface area contributed by atoms with Crippen LogP contribution in [0.5, 0.6) is 0 Å². The quantitative estimate of drug-likeness (QED) is 0.314. The van der Waals surface area contributed by atoms with E-state index < -0.39 is 81.7 Å². The third-order valence-electron chi connectivity index (χ3n) is 8.06. The summed E-state index contributed by atoms with van der Waals surface area (Å²) < 4.78 is 176. The molecule has 3 heteroatoms. The van der Waals surface area contributed by atoms with E-state index in [1.807, 2.05) is 6.92 Å². The number of hydrogen-bond donors (Lipinski definition) is 0. The molecule has 0 aromatic heterocycles. The van der Waals surface area contributed by atoms with E-state index >= 15 is 0 Å². The molecule has 0 bridgehead atoms. The lowest BCUT2D eigenvalue weighted by molar-refractivity contribution is -0.159. The van der Waals surface area contributed by atoms with Gasteiger partial charge in [-0.15, -0.1) is 0 Å². The van der Waals surface area contributed by atoms with Crippen LogP contribution in [-0.2, 0) is 14.3 Å². The number of ketones is 1. The smallest absolute Gasteiger partial charge is 0.306 e. The van der Waals surface area contributed by atoms with Crippen LogP contribution in [0.15, 0.2) is 11.6 Å². The highest BCUT2D eigenvalue weighted by Gasteiger charge is 2.57. The predicted octanol–water partition coefficient (Wildman–Crippen LogP) is 7.57. The third-order valence-corrected chi connectivity index (χ3v) is 8.06. The highest BCUT2D eigenvalue weighted by atomic mass is 16.5. The van der Waals surface area contributed by atoms with Crippen LogP contribution in [0.3, 0.4) is 0 Å². The van der Waals surface area contributed by atoms with E-state index in [9.17, 15) is 9.59 Å². The molecule has 3 nitrogen and oxygen atoms in total. The number of carbonyl (C=O) groups is 2. The van der Waals surface area contributed by atoms with Crippen LogP contribution in [0, 0.1) is 29.1 Å². The van der Waals surface area contributed by atoms with Crippen molar-refractivity contribution in [2.75, 3.05) is 0 Å². The molecular formula is C29H46O3. The lowest BCUT2D eigenvalue weighted by atomic mass is 9.52. The Kier molecular flexibility index (Phi) is 3.11. The number of ether oxygens (including phenoxy) is 1. The first kappa shape index (κ1) is 9.15. The molecule has 0 spiro atoms. The van der Waals surface area contributed by atoms with E-state index in [1.54, 1.807) is 6.08 Å². The van der Waals surface area contributed by atoms with Crippen molar-refractivity contribution in [2.45, 2.75) is 129 Å². The van der Waals surface area contributed by atoms with Crippen LogP contribution >= 0.6 is 0 Å². The van der Waals surface area contributed by atoms with E-state index in [0.717, 1.165) is 31.3 Å². The van der Waals surface area contributed by atoms with Crippen molar-refractivity contribution in [1.82, 2.24) is 0 Å². The van der Waals surface area contributed by atoms with Gasteiger partial charge in [0.15, 0.2) is 5.78 Å². The molecule has 4 aliphatic carbocycles. The van der Waals surface area contributed by atoms with Crippen LogP contribution in [0.2, 0.25) is 0 Å². The Morgan fingerprint density at radius 2 is 1.81 bits per heavy atom. The van der Waals surface area contributed by atoms with Crippen LogP contribution in [0.4, 0.5) is 0 Å². The summed E-state index contributed by atoms with van der Waals surface area (Å²) >= 11 is 0. The summed E-state index contributed by atoms with van der Waals surface area (Å²) in [6, 6.07) is 0. The predicted molar refractivity (Wildman–Crippen MR) is 129 cm³/mol. The number of fused-ring (bicyclic) bond motifs is 5. The van der Waals surface area contributed by atoms with Gasteiger partial charge in [0.05, 0.1) is 0 Å². The SMILES string of the molecule is [2H]C([2H])([2H])C([2H])([2H])C([2H])([2H])C([2H])([2H])C([2H])([2H])C([2H])([2H])C([2H])([2H])C([2H])([2H])C([2H])([2H])C([2H])([2H])C(=O)O[C@H]1CC[C@H]2[C@@H]3CCC4=CC(=O)CC[C@@H]4[C@H]3CC[C@]12C. The fourth-order valence-electron chi connectivity index (χ4n) is 6.75. The monoisotopic (exact) mass is 463 g/mol. The summed E-state index contributed by atoms with van der Waals surface area (Å²) in [5, 5.41) is 0. The van der Waals surface area contributed by atoms with Crippen LogP contribution in [0.25, 0.3) is 0 Å². The van der Waals surface area contributed by atoms with Gasteiger partial charge in [-0.3, -0.25) is 9.59 Å². The first-order valence-corrected chi connectivity index (χ1v) is 11.4. The summed E-state index contributed by atoms with van der Waals surface area (Å²) in [4.78, 5) is 25.6. The molecule has 0 N–H and O–H groups in total. The highest BCUT2D eigenvalue weighted by Crippen LogP contribution is 2.62. The van der Waals surface area contributed by atoms with Gasteiger partial charge in [0.2, 0.25) is 0 Å². The molecule has 0 unspecified atom stereocenters. The van der Waals surface area contributed by atoms with Gasteiger partial charge in [0.25, 0.3) is 0 Å². The molecule has 0 heterocycles. The van der Waals surface area contributed by atoms with E-state index in [0.29, 0.717) is 25.2 Å². The maximum absolute atomic E-state index is 13.6. The van der Waals surface area contributed by atoms with Gasteiger partial charge in [-0.25, -0.2) is 0 Å². The second-order valence-corrected chi connectivity index (χ2v) is 9.44. The number of rotatable bonds is 10. The molecular weight excluding hydrogens is 396 g/mol. The summed E-state index contributed by atoms with van der Waals surface area (Å²) in [5.74, 6) is -1.00. The number of carbonyl (C=O) groups excluding carboxylic acids is 2. The van der Waals surface area contributed by atoms with Gasteiger partial charge >= 0.3 is 5.97 Å². The Hall–Kier alpha value is -1.12. The first-order chi connectivity index (χ1) is 23.4. The van der Waals surface area contributed by atoms with Crippen molar-refractivity contribution in [3.8, 4) is 0 Å². The zero-order valence-corrected chi connectivity index (χ0v) is 18.3. The van der Waals surface area contributed by atoms with E-state index in [-0.39, 0.29) is 30.0 Å². The standard InChI is InChI=1S/C29H46O3/c1-3-4-5-6-7-8-9-10-11-28(31)32-27-17-16-26-25-14-12-21-20-22(30)13-15-23(21)24(25)18-19-29(26,27)2/h20,23-27H,3-19H2,1-2H3/t23-,24+,25+,26-,27-,29-/m0/s1/i1D3,3D2,4D2,5D2,6D2,7D2,8D2,9D2,10D2,11D2. The fraction of sp³-hybridized carbons (Fsp3) is 0.862. The van der Waals surface area contributed by atoms with E-state index in [2.05, 4.69) is 0 Å². The van der Waals surface area contributed by atoms with E-state index in [4.69, 9.17) is 33.5 Å². The zero-order valence-electron chi connectivity index (χ0n) is 39.3. The van der Waals surface area contributed by atoms with Crippen LogP contribution in [-0.4, -0.2) is 17.9 Å². The minimum Gasteiger partial charge on any atom is -0.462 e. The average Bonchev–Trinajstić information content (AvgIpc) is 3.34. The molecule has 4 aliphatic rings. The van der Waals surface area contributed by atoms with Crippen molar-refractivity contribution >= 4 is 11.8 Å². The Morgan fingerprint density at radius 3 is 2.62 bits per heavy atom. The summed E-state index contributed by atoms with van der Waals surface area (Å²) in [6.45, 7) is -2.08. The van der Waals surface area contributed by atoms with Gasteiger partial charge < -0.3 is 4.74 Å². The van der Waals surface area contributed by atoms with Gasteiger partial charge in [-0.1, -0.05) is 64.0 Å². The van der Waals surface area contributed by atoms with Crippen molar-refractivity contribution in [3.05, 3.63) is 11.6 Å². The molecule has 0 radical (unpaired) electrons. The normalized spacial score (nSPS) is 50.3. The van der Waals surface area contributed by atoms with Crippen molar-refractivity contribution in [2.24, 2.45) is 29.1 Å². The van der Waals surface area contributed by atoms with Crippen molar-refractivity contribution in [3.63, 3.8) is 0 Å². The van der Waals surface area contributed by atoms with Gasteiger partial charge in [-0.05, 0) is 81.1 Å². The van der Waals surface area contributed by atoms with Crippen LogP contribution in [0.1, 0.15) is 151 Å². The van der Waals surface area contributed by atoms with Gasteiger partial charge in [-0.2, -0.15) is 0 Å². The first-order valence-electron chi connectivity index (χ1n) is 21.9. The Morgan fingerprint density at radius 1 is 1.03 bits per heavy atom. The number of allylic oxidation sites excluding steroid dienone is 1. The summed E-state index contributed by atoms with van der Waals surface area (Å²) in [7, 11) is 0. The van der Waals surface area contributed by atoms with E-state index in [1.165, 1.54) is 0 Å². The molecule has 3 fully saturated rings. The second-order valence-electron chi connectivity index (χ2n) is 9.44. The topological polar surface area (TPSA) is 43.4 Å². The zero-order chi connectivity index (χ0) is 41.2. The molecule has 32 heavy (non-hydrogen) atoms. The maximum Gasteiger partial charge on any atom is 0.306 e. The lowest BCUT2D eigenvalue weighted by Crippen LogP contribution is -2.48. The molecule has 4 rings (SSSR count). The number of hydrogen-bond acceptors (Lipinski definition) is 3. The minimum absolute atomic E-state index is 0.0311. The third kappa shape index (κ3) is 5.17. The molecule has 3 saturated carbocycles.